The fourth-order valence-corrected chi connectivity index (χ4v) is 4.21. The minimum Gasteiger partial charge on any atom is -0.294 e. The Morgan fingerprint density at radius 1 is 0.519 bits per heavy atom. The highest BCUT2D eigenvalue weighted by atomic mass is 15.3. The standard InChI is InChI=1S/C25H28N2/c1-21(22-11-5-2-6-12-22)26-17-19-27(20-18-26)25(23-13-7-3-8-14-23)24-15-9-4-10-16-24/h2-16,21,25H,17-20H2,1H3/t21-/m1/s1. The van der Waals surface area contributed by atoms with Crippen molar-refractivity contribution in [1.29, 1.82) is 0 Å². The maximum Gasteiger partial charge on any atom is 0.0602 e. The van der Waals surface area contributed by atoms with Crippen LogP contribution in [-0.4, -0.2) is 36.0 Å². The number of piperazine rings is 1. The molecule has 0 spiro atoms. The van der Waals surface area contributed by atoms with Crippen LogP contribution in [0.2, 0.25) is 0 Å². The van der Waals surface area contributed by atoms with Crippen LogP contribution in [0.15, 0.2) is 91.0 Å². The maximum absolute atomic E-state index is 2.64. The van der Waals surface area contributed by atoms with Crippen molar-refractivity contribution >= 4 is 0 Å². The monoisotopic (exact) mass is 356 g/mol. The van der Waals surface area contributed by atoms with Crippen molar-refractivity contribution in [2.45, 2.75) is 19.0 Å². The Morgan fingerprint density at radius 3 is 1.33 bits per heavy atom. The fraction of sp³-hybridized carbons (Fsp3) is 0.280. The third-order valence-corrected chi connectivity index (χ3v) is 5.77. The molecule has 1 fully saturated rings. The molecule has 138 valence electrons. The highest BCUT2D eigenvalue weighted by molar-refractivity contribution is 5.32. The van der Waals surface area contributed by atoms with Crippen LogP contribution in [0, 0.1) is 0 Å². The second kappa shape index (κ2) is 8.51. The van der Waals surface area contributed by atoms with Gasteiger partial charge in [-0.1, -0.05) is 91.0 Å². The topological polar surface area (TPSA) is 6.48 Å². The van der Waals surface area contributed by atoms with Gasteiger partial charge in [-0.25, -0.2) is 0 Å². The molecule has 1 atom stereocenters. The number of benzene rings is 3. The Balaban J connectivity index is 1.51. The molecule has 1 heterocycles. The summed E-state index contributed by atoms with van der Waals surface area (Å²) in [5.41, 5.74) is 4.18. The summed E-state index contributed by atoms with van der Waals surface area (Å²) in [5.74, 6) is 0. The maximum atomic E-state index is 2.64. The summed E-state index contributed by atoms with van der Waals surface area (Å²) in [7, 11) is 0. The molecule has 1 saturated heterocycles. The van der Waals surface area contributed by atoms with Crippen molar-refractivity contribution in [3.8, 4) is 0 Å². The zero-order chi connectivity index (χ0) is 18.5. The molecule has 0 saturated carbocycles. The molecule has 2 heteroatoms. The summed E-state index contributed by atoms with van der Waals surface area (Å²) in [6.45, 7) is 6.71. The predicted molar refractivity (Wildman–Crippen MR) is 113 cm³/mol. The number of hydrogen-bond donors (Lipinski definition) is 0. The molecule has 1 aliphatic rings. The third-order valence-electron chi connectivity index (χ3n) is 5.77. The molecule has 2 nitrogen and oxygen atoms in total. The molecule has 4 rings (SSSR count). The fourth-order valence-electron chi connectivity index (χ4n) is 4.21. The molecular formula is C25H28N2. The van der Waals surface area contributed by atoms with Gasteiger partial charge in [-0.3, -0.25) is 9.80 Å². The van der Waals surface area contributed by atoms with Gasteiger partial charge < -0.3 is 0 Å². The van der Waals surface area contributed by atoms with Crippen LogP contribution >= 0.6 is 0 Å². The molecule has 0 amide bonds. The summed E-state index contributed by atoms with van der Waals surface area (Å²) < 4.78 is 0. The first-order valence-corrected chi connectivity index (χ1v) is 9.96. The molecule has 0 aromatic heterocycles. The summed E-state index contributed by atoms with van der Waals surface area (Å²) in [6.07, 6.45) is 0. The van der Waals surface area contributed by atoms with Gasteiger partial charge in [0.25, 0.3) is 0 Å². The zero-order valence-electron chi connectivity index (χ0n) is 16.0. The Bertz CT molecular complexity index is 769. The van der Waals surface area contributed by atoms with E-state index in [4.69, 9.17) is 0 Å². The number of rotatable bonds is 5. The smallest absolute Gasteiger partial charge is 0.0602 e. The van der Waals surface area contributed by atoms with E-state index in [0.29, 0.717) is 12.1 Å². The molecule has 1 aliphatic heterocycles. The number of nitrogens with zero attached hydrogens (tertiary/aromatic N) is 2. The first kappa shape index (κ1) is 18.0. The van der Waals surface area contributed by atoms with Gasteiger partial charge >= 0.3 is 0 Å². The van der Waals surface area contributed by atoms with Crippen LogP contribution in [0.5, 0.6) is 0 Å². The van der Waals surface area contributed by atoms with Gasteiger partial charge in [0.15, 0.2) is 0 Å². The van der Waals surface area contributed by atoms with Gasteiger partial charge in [0, 0.05) is 32.2 Å². The van der Waals surface area contributed by atoms with Crippen LogP contribution in [-0.2, 0) is 0 Å². The van der Waals surface area contributed by atoms with Crippen molar-refractivity contribution in [2.75, 3.05) is 26.2 Å². The van der Waals surface area contributed by atoms with Crippen molar-refractivity contribution in [3.05, 3.63) is 108 Å². The zero-order valence-corrected chi connectivity index (χ0v) is 16.0. The molecular weight excluding hydrogens is 328 g/mol. The lowest BCUT2D eigenvalue weighted by atomic mass is 9.96. The van der Waals surface area contributed by atoms with E-state index in [1.54, 1.807) is 0 Å². The van der Waals surface area contributed by atoms with E-state index in [1.165, 1.54) is 16.7 Å². The van der Waals surface area contributed by atoms with Gasteiger partial charge in [-0.05, 0) is 23.6 Å². The Kier molecular flexibility index (Phi) is 5.66. The largest absolute Gasteiger partial charge is 0.294 e. The molecule has 3 aromatic rings. The highest BCUT2D eigenvalue weighted by Gasteiger charge is 2.28. The van der Waals surface area contributed by atoms with Gasteiger partial charge in [0.1, 0.15) is 0 Å². The summed E-state index contributed by atoms with van der Waals surface area (Å²) in [6, 6.07) is 33.5. The number of hydrogen-bond acceptors (Lipinski definition) is 2. The Morgan fingerprint density at radius 2 is 0.889 bits per heavy atom. The normalized spacial score (nSPS) is 17.1. The Hall–Kier alpha value is -2.42. The van der Waals surface area contributed by atoms with E-state index < -0.39 is 0 Å². The van der Waals surface area contributed by atoms with Gasteiger partial charge in [0.2, 0.25) is 0 Å². The second-order valence-electron chi connectivity index (χ2n) is 7.38. The van der Waals surface area contributed by atoms with E-state index in [-0.39, 0.29) is 0 Å². The Labute approximate surface area is 163 Å². The lowest BCUT2D eigenvalue weighted by Crippen LogP contribution is -2.48. The van der Waals surface area contributed by atoms with E-state index in [0.717, 1.165) is 26.2 Å². The molecule has 0 aliphatic carbocycles. The minimum absolute atomic E-state index is 0.335. The van der Waals surface area contributed by atoms with Crippen molar-refractivity contribution in [1.82, 2.24) is 9.80 Å². The molecule has 0 radical (unpaired) electrons. The van der Waals surface area contributed by atoms with Crippen LogP contribution in [0.3, 0.4) is 0 Å². The van der Waals surface area contributed by atoms with Crippen LogP contribution in [0.25, 0.3) is 0 Å². The van der Waals surface area contributed by atoms with Gasteiger partial charge in [-0.2, -0.15) is 0 Å². The summed E-state index contributed by atoms with van der Waals surface area (Å²) in [5, 5.41) is 0. The SMILES string of the molecule is C[C@H](c1ccccc1)N1CCN(C(c2ccccc2)c2ccccc2)CC1. The lowest BCUT2D eigenvalue weighted by molar-refractivity contribution is 0.0839. The third kappa shape index (κ3) is 4.13. The van der Waals surface area contributed by atoms with Crippen LogP contribution in [0.4, 0.5) is 0 Å². The van der Waals surface area contributed by atoms with E-state index in [2.05, 4.69) is 108 Å². The minimum atomic E-state index is 0.335. The van der Waals surface area contributed by atoms with Crippen molar-refractivity contribution in [3.63, 3.8) is 0 Å². The lowest BCUT2D eigenvalue weighted by Gasteiger charge is -2.42. The van der Waals surface area contributed by atoms with E-state index in [9.17, 15) is 0 Å². The van der Waals surface area contributed by atoms with Gasteiger partial charge in [0.05, 0.1) is 6.04 Å². The molecule has 0 bridgehead atoms. The average Bonchev–Trinajstić information content (AvgIpc) is 2.76. The quantitative estimate of drug-likeness (QED) is 0.623. The summed E-state index contributed by atoms with van der Waals surface area (Å²) >= 11 is 0. The first-order valence-electron chi connectivity index (χ1n) is 9.96. The van der Waals surface area contributed by atoms with Gasteiger partial charge in [-0.15, -0.1) is 0 Å². The van der Waals surface area contributed by atoms with Crippen LogP contribution in [0.1, 0.15) is 35.7 Å². The van der Waals surface area contributed by atoms with E-state index >= 15 is 0 Å². The molecule has 0 unspecified atom stereocenters. The summed E-state index contributed by atoms with van der Waals surface area (Å²) in [4.78, 5) is 5.25. The van der Waals surface area contributed by atoms with Crippen molar-refractivity contribution < 1.29 is 0 Å². The molecule has 3 aromatic carbocycles. The van der Waals surface area contributed by atoms with Crippen molar-refractivity contribution in [2.24, 2.45) is 0 Å². The second-order valence-corrected chi connectivity index (χ2v) is 7.38. The first-order chi connectivity index (χ1) is 13.3. The van der Waals surface area contributed by atoms with Crippen LogP contribution < -0.4 is 0 Å². The van der Waals surface area contributed by atoms with E-state index in [1.807, 2.05) is 0 Å². The molecule has 27 heavy (non-hydrogen) atoms. The average molecular weight is 357 g/mol. The molecule has 0 N–H and O–H groups in total. The predicted octanol–water partition coefficient (Wildman–Crippen LogP) is 5.15. The highest BCUT2D eigenvalue weighted by Crippen LogP contribution is 2.31.